The van der Waals surface area contributed by atoms with Crippen LogP contribution in [0.25, 0.3) is 0 Å². The van der Waals surface area contributed by atoms with Gasteiger partial charge in [-0.25, -0.2) is 4.39 Å². The molecule has 1 aromatic rings. The second kappa shape index (κ2) is 6.12. The van der Waals surface area contributed by atoms with Crippen LogP contribution in [0.4, 0.5) is 4.39 Å². The molecular formula is C17H22FO6P. The first kappa shape index (κ1) is 17.6. The summed E-state index contributed by atoms with van der Waals surface area (Å²) in [6.07, 6.45) is -1.85. The van der Waals surface area contributed by atoms with E-state index in [9.17, 15) is 8.96 Å². The number of fused-ring (bicyclic) bond motifs is 3. The highest BCUT2D eigenvalue weighted by molar-refractivity contribution is 7.53. The van der Waals surface area contributed by atoms with E-state index in [1.807, 2.05) is 6.92 Å². The highest BCUT2D eigenvalue weighted by Gasteiger charge is 2.62. The van der Waals surface area contributed by atoms with Crippen molar-refractivity contribution >= 4 is 7.60 Å². The number of rotatable bonds is 3. The van der Waals surface area contributed by atoms with Crippen molar-refractivity contribution in [2.45, 2.75) is 63.7 Å². The summed E-state index contributed by atoms with van der Waals surface area (Å²) in [4.78, 5) is 0. The summed E-state index contributed by atoms with van der Waals surface area (Å²) in [7, 11) is -3.32. The fourth-order valence-corrected chi connectivity index (χ4v) is 5.60. The minimum atomic E-state index is -3.32. The maximum Gasteiger partial charge on any atom is 0.331 e. The highest BCUT2D eigenvalue weighted by atomic mass is 31.2. The monoisotopic (exact) mass is 372 g/mol. The zero-order valence-electron chi connectivity index (χ0n) is 14.4. The van der Waals surface area contributed by atoms with Gasteiger partial charge >= 0.3 is 7.60 Å². The molecule has 1 aromatic carbocycles. The summed E-state index contributed by atoms with van der Waals surface area (Å²) in [6, 6.07) is 5.92. The summed E-state index contributed by atoms with van der Waals surface area (Å²) >= 11 is 0. The summed E-state index contributed by atoms with van der Waals surface area (Å²) in [5, 5.41) is 0. The second-order valence-corrected chi connectivity index (χ2v) is 9.14. The Morgan fingerprint density at radius 2 is 1.80 bits per heavy atom. The Hall–Kier alpha value is -0.820. The molecule has 0 aliphatic carbocycles. The van der Waals surface area contributed by atoms with E-state index in [-0.39, 0.29) is 5.82 Å². The quantitative estimate of drug-likeness (QED) is 0.753. The first-order valence-electron chi connectivity index (χ1n) is 8.53. The van der Waals surface area contributed by atoms with Gasteiger partial charge in [-0.15, -0.1) is 0 Å². The van der Waals surface area contributed by atoms with Crippen molar-refractivity contribution in [3.05, 3.63) is 35.6 Å². The molecule has 3 aliphatic rings. The molecule has 138 valence electrons. The zero-order chi connectivity index (χ0) is 17.8. The molecule has 3 fully saturated rings. The van der Waals surface area contributed by atoms with Gasteiger partial charge in [-0.05, 0) is 38.0 Å². The summed E-state index contributed by atoms with van der Waals surface area (Å²) in [5.41, 5.74) is 0.690. The Morgan fingerprint density at radius 3 is 2.48 bits per heavy atom. The standard InChI is InChI=1S/C17H22FO6P/c1-4-9-25(19)23-12(10-5-7-11(18)8-6-10)13-14(24-25)15-16(20-13)22-17(2,3)21-15/h5-8,12-16H,4,9H2,1-3H3/t12-,13-,14+,15-,16-,25+/m1/s1. The first-order chi connectivity index (χ1) is 11.8. The predicted molar refractivity (Wildman–Crippen MR) is 86.6 cm³/mol. The van der Waals surface area contributed by atoms with Gasteiger partial charge in [-0.3, -0.25) is 13.6 Å². The van der Waals surface area contributed by atoms with E-state index in [1.54, 1.807) is 26.0 Å². The highest BCUT2D eigenvalue weighted by Crippen LogP contribution is 2.62. The van der Waals surface area contributed by atoms with Crippen molar-refractivity contribution in [3.8, 4) is 0 Å². The lowest BCUT2D eigenvalue weighted by Crippen LogP contribution is -2.43. The first-order valence-corrected chi connectivity index (χ1v) is 10.3. The summed E-state index contributed by atoms with van der Waals surface area (Å²) < 4.78 is 55.7. The molecule has 0 bridgehead atoms. The fraction of sp³-hybridized carbons (Fsp3) is 0.647. The molecule has 0 amide bonds. The van der Waals surface area contributed by atoms with Crippen molar-refractivity contribution < 1.29 is 32.2 Å². The Kier molecular flexibility index (Phi) is 4.30. The summed E-state index contributed by atoms with van der Waals surface area (Å²) in [5.74, 6) is -1.14. The minimum Gasteiger partial charge on any atom is -0.341 e. The van der Waals surface area contributed by atoms with Crippen LogP contribution in [0.5, 0.6) is 0 Å². The molecule has 0 spiro atoms. The maximum absolute atomic E-state index is 13.3. The number of benzene rings is 1. The van der Waals surface area contributed by atoms with Crippen LogP contribution in [0.15, 0.2) is 24.3 Å². The Balaban J connectivity index is 1.67. The third-order valence-electron chi connectivity index (χ3n) is 4.58. The third-order valence-corrected chi connectivity index (χ3v) is 6.69. The van der Waals surface area contributed by atoms with Crippen molar-refractivity contribution in [2.75, 3.05) is 6.16 Å². The molecule has 3 saturated heterocycles. The van der Waals surface area contributed by atoms with Gasteiger partial charge in [0.25, 0.3) is 0 Å². The Morgan fingerprint density at radius 1 is 1.08 bits per heavy atom. The van der Waals surface area contributed by atoms with E-state index in [4.69, 9.17) is 23.3 Å². The third kappa shape index (κ3) is 3.18. The lowest BCUT2D eigenvalue weighted by molar-refractivity contribution is -0.229. The normalized spacial score (nSPS) is 42.2. The molecule has 4 rings (SSSR count). The molecule has 0 N–H and O–H groups in total. The molecule has 0 aromatic heterocycles. The van der Waals surface area contributed by atoms with Crippen LogP contribution in [0, 0.1) is 5.82 Å². The zero-order valence-corrected chi connectivity index (χ0v) is 15.3. The van der Waals surface area contributed by atoms with Crippen LogP contribution in [-0.4, -0.2) is 36.6 Å². The van der Waals surface area contributed by atoms with E-state index >= 15 is 0 Å². The maximum atomic E-state index is 13.3. The number of ether oxygens (including phenoxy) is 3. The van der Waals surface area contributed by atoms with Crippen LogP contribution in [0.3, 0.4) is 0 Å². The Bertz CT molecular complexity index is 693. The van der Waals surface area contributed by atoms with Crippen LogP contribution in [0.2, 0.25) is 0 Å². The van der Waals surface area contributed by atoms with Gasteiger partial charge in [0.05, 0.1) is 0 Å². The van der Waals surface area contributed by atoms with Crippen molar-refractivity contribution in [1.82, 2.24) is 0 Å². The van der Waals surface area contributed by atoms with Crippen LogP contribution < -0.4 is 0 Å². The molecule has 0 unspecified atom stereocenters. The molecule has 6 atom stereocenters. The number of halogens is 1. The molecule has 3 heterocycles. The number of hydrogen-bond acceptors (Lipinski definition) is 6. The van der Waals surface area contributed by atoms with Gasteiger partial charge in [0.1, 0.15) is 30.2 Å². The van der Waals surface area contributed by atoms with E-state index in [0.29, 0.717) is 18.1 Å². The van der Waals surface area contributed by atoms with Crippen molar-refractivity contribution in [3.63, 3.8) is 0 Å². The molecule has 3 aliphatic heterocycles. The van der Waals surface area contributed by atoms with E-state index in [0.717, 1.165) is 0 Å². The molecule has 6 nitrogen and oxygen atoms in total. The SMILES string of the molecule is CCC[P@@]1(=O)O[C@@H]2[C@H]3OC(C)(C)O[C@H]3O[C@@H]2[C@@H](c2ccc(F)cc2)O1. The lowest BCUT2D eigenvalue weighted by atomic mass is 9.99. The van der Waals surface area contributed by atoms with Crippen molar-refractivity contribution in [2.24, 2.45) is 0 Å². The molecular weight excluding hydrogens is 350 g/mol. The minimum absolute atomic E-state index is 0.301. The second-order valence-electron chi connectivity index (χ2n) is 7.05. The average Bonchev–Trinajstić information content (AvgIpc) is 3.00. The van der Waals surface area contributed by atoms with Gasteiger partial charge in [0.2, 0.25) is 0 Å². The van der Waals surface area contributed by atoms with Gasteiger partial charge in [0.15, 0.2) is 12.1 Å². The van der Waals surface area contributed by atoms with Crippen molar-refractivity contribution in [1.29, 1.82) is 0 Å². The van der Waals surface area contributed by atoms with Gasteiger partial charge in [0, 0.05) is 6.16 Å². The molecule has 0 saturated carbocycles. The van der Waals surface area contributed by atoms with Crippen LogP contribution >= 0.6 is 7.60 Å². The lowest BCUT2D eigenvalue weighted by Gasteiger charge is -2.39. The topological polar surface area (TPSA) is 63.2 Å². The molecule has 25 heavy (non-hydrogen) atoms. The van der Waals surface area contributed by atoms with Gasteiger partial charge in [-0.1, -0.05) is 19.1 Å². The predicted octanol–water partition coefficient (Wildman–Crippen LogP) is 3.76. The largest absolute Gasteiger partial charge is 0.341 e. The number of hydrogen-bond donors (Lipinski definition) is 0. The fourth-order valence-electron chi connectivity index (χ4n) is 3.59. The summed E-state index contributed by atoms with van der Waals surface area (Å²) in [6.45, 7) is 5.51. The average molecular weight is 372 g/mol. The van der Waals surface area contributed by atoms with Crippen LogP contribution in [0.1, 0.15) is 38.9 Å². The Labute approximate surface area is 146 Å². The van der Waals surface area contributed by atoms with Gasteiger partial charge < -0.3 is 14.2 Å². The molecule has 8 heteroatoms. The van der Waals surface area contributed by atoms with E-state index in [2.05, 4.69) is 0 Å². The molecule has 0 radical (unpaired) electrons. The van der Waals surface area contributed by atoms with Gasteiger partial charge in [-0.2, -0.15) is 0 Å². The van der Waals surface area contributed by atoms with E-state index in [1.165, 1.54) is 12.1 Å². The van der Waals surface area contributed by atoms with E-state index < -0.39 is 44.1 Å². The smallest absolute Gasteiger partial charge is 0.331 e. The van der Waals surface area contributed by atoms with Crippen LogP contribution in [-0.2, 0) is 27.8 Å².